The molecule has 0 amide bonds. The average molecular weight is 434 g/mol. The molecule has 5 N–H and O–H groups in total. The molecule has 1 aliphatic rings. The third kappa shape index (κ3) is 5.74. The van der Waals surface area contributed by atoms with Crippen LogP contribution in [0.1, 0.15) is 30.0 Å². The molecule has 0 spiro atoms. The molecule has 0 radical (unpaired) electrons. The van der Waals surface area contributed by atoms with Crippen LogP contribution < -0.4 is 9.47 Å². The summed E-state index contributed by atoms with van der Waals surface area (Å²) in [5, 5.41) is 49.1. The smallest absolute Gasteiger partial charge is 0.229 e. The van der Waals surface area contributed by atoms with Gasteiger partial charge in [-0.2, -0.15) is 0 Å². The molecule has 1 fully saturated rings. The highest BCUT2D eigenvalue weighted by atomic mass is 16.7. The largest absolute Gasteiger partial charge is 0.494 e. The molecular weight excluding hydrogens is 404 g/mol. The summed E-state index contributed by atoms with van der Waals surface area (Å²) in [5.74, 6) is 1.15. The van der Waals surface area contributed by atoms with Gasteiger partial charge in [-0.1, -0.05) is 31.2 Å². The first-order valence-electron chi connectivity index (χ1n) is 10.4. The molecule has 0 aliphatic carbocycles. The second-order valence-electron chi connectivity index (χ2n) is 7.58. The van der Waals surface area contributed by atoms with Crippen molar-refractivity contribution in [3.8, 4) is 11.5 Å². The Kier molecular flexibility index (Phi) is 8.25. The Bertz CT molecular complexity index is 823. The predicted molar refractivity (Wildman–Crippen MR) is 112 cm³/mol. The molecule has 1 saturated heterocycles. The molecule has 1 aliphatic heterocycles. The zero-order valence-electron chi connectivity index (χ0n) is 17.4. The number of hydrogen-bond acceptors (Lipinski definition) is 8. The van der Waals surface area contributed by atoms with Crippen LogP contribution in [0, 0.1) is 0 Å². The topological polar surface area (TPSA) is 129 Å². The summed E-state index contributed by atoms with van der Waals surface area (Å²) in [4.78, 5) is 0. The highest BCUT2D eigenvalue weighted by Gasteiger charge is 2.44. The van der Waals surface area contributed by atoms with Crippen molar-refractivity contribution in [3.63, 3.8) is 0 Å². The lowest BCUT2D eigenvalue weighted by Gasteiger charge is -2.39. The first-order chi connectivity index (χ1) is 15.0. The second kappa shape index (κ2) is 10.9. The molecular formula is C23H30O8. The minimum absolute atomic E-state index is 0.200. The van der Waals surface area contributed by atoms with Gasteiger partial charge in [-0.05, 0) is 41.3 Å². The lowest BCUT2D eigenvalue weighted by molar-refractivity contribution is -0.277. The first-order valence-corrected chi connectivity index (χ1v) is 10.4. The summed E-state index contributed by atoms with van der Waals surface area (Å²) in [7, 11) is 0. The van der Waals surface area contributed by atoms with E-state index in [4.69, 9.17) is 14.2 Å². The third-order valence-corrected chi connectivity index (χ3v) is 5.20. The molecule has 0 bridgehead atoms. The van der Waals surface area contributed by atoms with Crippen LogP contribution in [0.4, 0.5) is 0 Å². The molecule has 31 heavy (non-hydrogen) atoms. The van der Waals surface area contributed by atoms with Gasteiger partial charge < -0.3 is 39.7 Å². The predicted octanol–water partition coefficient (Wildman–Crippen LogP) is 0.737. The van der Waals surface area contributed by atoms with Crippen LogP contribution in [0.25, 0.3) is 0 Å². The number of aliphatic hydroxyl groups is 5. The minimum Gasteiger partial charge on any atom is -0.494 e. The van der Waals surface area contributed by atoms with Gasteiger partial charge in [0.2, 0.25) is 6.29 Å². The fourth-order valence-electron chi connectivity index (χ4n) is 3.39. The molecule has 3 rings (SSSR count). The van der Waals surface area contributed by atoms with E-state index in [0.29, 0.717) is 24.3 Å². The van der Waals surface area contributed by atoms with Gasteiger partial charge in [0, 0.05) is 6.42 Å². The Labute approximate surface area is 181 Å². The van der Waals surface area contributed by atoms with E-state index in [2.05, 4.69) is 0 Å². The molecule has 2 aromatic carbocycles. The average Bonchev–Trinajstić information content (AvgIpc) is 2.79. The van der Waals surface area contributed by atoms with E-state index < -0.39 is 37.3 Å². The molecule has 170 valence electrons. The van der Waals surface area contributed by atoms with Crippen molar-refractivity contribution in [1.29, 1.82) is 0 Å². The van der Waals surface area contributed by atoms with Gasteiger partial charge in [-0.25, -0.2) is 0 Å². The standard InChI is InChI=1S/C23H30O8/c1-2-9-29-17-7-4-14(5-8-17)10-16-6-3-15(12-24)11-18(16)30-23-22(28)21(27)20(26)19(13-25)31-23/h3-8,11,19-28H,2,9-10,12-13H2,1H3/t19-,20-,21+,22-,23+/m1/s1. The Balaban J connectivity index is 1.80. The lowest BCUT2D eigenvalue weighted by Crippen LogP contribution is -2.60. The fourth-order valence-corrected chi connectivity index (χ4v) is 3.39. The normalized spacial score (nSPS) is 25.9. The molecule has 0 saturated carbocycles. The fraction of sp³-hybridized carbons (Fsp3) is 0.478. The Morgan fingerprint density at radius 2 is 1.61 bits per heavy atom. The molecule has 8 nitrogen and oxygen atoms in total. The Morgan fingerprint density at radius 1 is 0.903 bits per heavy atom. The van der Waals surface area contributed by atoms with Crippen LogP contribution in [0.15, 0.2) is 42.5 Å². The van der Waals surface area contributed by atoms with E-state index in [1.54, 1.807) is 12.1 Å². The maximum atomic E-state index is 10.3. The van der Waals surface area contributed by atoms with Crippen LogP contribution in [-0.2, 0) is 17.8 Å². The van der Waals surface area contributed by atoms with Gasteiger partial charge >= 0.3 is 0 Å². The van der Waals surface area contributed by atoms with Crippen LogP contribution in [0.5, 0.6) is 11.5 Å². The zero-order valence-corrected chi connectivity index (χ0v) is 17.4. The molecule has 2 aromatic rings. The van der Waals surface area contributed by atoms with E-state index in [0.717, 1.165) is 23.3 Å². The first kappa shape index (κ1) is 23.5. The highest BCUT2D eigenvalue weighted by molar-refractivity contribution is 5.41. The summed E-state index contributed by atoms with van der Waals surface area (Å²) in [6, 6.07) is 12.9. The van der Waals surface area contributed by atoms with Crippen molar-refractivity contribution < 1.29 is 39.7 Å². The number of rotatable bonds is 9. The maximum absolute atomic E-state index is 10.3. The van der Waals surface area contributed by atoms with E-state index in [9.17, 15) is 25.5 Å². The number of benzene rings is 2. The number of aliphatic hydroxyl groups excluding tert-OH is 5. The highest BCUT2D eigenvalue weighted by Crippen LogP contribution is 2.29. The molecule has 0 aromatic heterocycles. The number of ether oxygens (including phenoxy) is 3. The Hall–Kier alpha value is -2.20. The van der Waals surface area contributed by atoms with Crippen molar-refractivity contribution in [1.82, 2.24) is 0 Å². The molecule has 8 heteroatoms. The summed E-state index contributed by atoms with van der Waals surface area (Å²) >= 11 is 0. The summed E-state index contributed by atoms with van der Waals surface area (Å²) in [5.41, 5.74) is 2.38. The van der Waals surface area contributed by atoms with Crippen molar-refractivity contribution in [2.45, 2.75) is 57.1 Å². The van der Waals surface area contributed by atoms with Gasteiger partial charge in [0.1, 0.15) is 35.9 Å². The molecule has 0 unspecified atom stereocenters. The van der Waals surface area contributed by atoms with Crippen molar-refractivity contribution in [2.24, 2.45) is 0 Å². The van der Waals surface area contributed by atoms with E-state index in [-0.39, 0.29) is 6.61 Å². The summed E-state index contributed by atoms with van der Waals surface area (Å²) in [6.45, 7) is 1.95. The van der Waals surface area contributed by atoms with Gasteiger partial charge in [-0.15, -0.1) is 0 Å². The van der Waals surface area contributed by atoms with Gasteiger partial charge in [0.05, 0.1) is 19.8 Å². The van der Waals surface area contributed by atoms with Crippen molar-refractivity contribution in [2.75, 3.05) is 13.2 Å². The van der Waals surface area contributed by atoms with Gasteiger partial charge in [0.15, 0.2) is 0 Å². The SMILES string of the molecule is CCCOc1ccc(Cc2ccc(CO)cc2O[C@H]2O[C@H](CO)[C@@H](O)[C@H](O)[C@H]2O)cc1. The molecule has 1 heterocycles. The second-order valence-corrected chi connectivity index (χ2v) is 7.58. The summed E-state index contributed by atoms with van der Waals surface area (Å²) in [6.07, 6.45) is -5.44. The quantitative estimate of drug-likeness (QED) is 0.391. The number of hydrogen-bond donors (Lipinski definition) is 5. The van der Waals surface area contributed by atoms with Crippen molar-refractivity contribution in [3.05, 3.63) is 59.2 Å². The van der Waals surface area contributed by atoms with E-state index >= 15 is 0 Å². The maximum Gasteiger partial charge on any atom is 0.229 e. The van der Waals surface area contributed by atoms with Gasteiger partial charge in [0.25, 0.3) is 0 Å². The van der Waals surface area contributed by atoms with E-state index in [1.165, 1.54) is 0 Å². The van der Waals surface area contributed by atoms with Crippen LogP contribution in [-0.4, -0.2) is 69.5 Å². The third-order valence-electron chi connectivity index (χ3n) is 5.20. The van der Waals surface area contributed by atoms with Crippen molar-refractivity contribution >= 4 is 0 Å². The minimum atomic E-state index is -1.53. The van der Waals surface area contributed by atoms with Crippen LogP contribution in [0.3, 0.4) is 0 Å². The van der Waals surface area contributed by atoms with Crippen LogP contribution >= 0.6 is 0 Å². The summed E-state index contributed by atoms with van der Waals surface area (Å²) < 4.78 is 16.9. The molecule has 5 atom stereocenters. The zero-order chi connectivity index (χ0) is 22.4. The lowest BCUT2D eigenvalue weighted by atomic mass is 9.99. The Morgan fingerprint density at radius 3 is 2.26 bits per heavy atom. The van der Waals surface area contributed by atoms with E-state index in [1.807, 2.05) is 37.3 Å². The van der Waals surface area contributed by atoms with Gasteiger partial charge in [-0.3, -0.25) is 0 Å². The monoisotopic (exact) mass is 434 g/mol. The van der Waals surface area contributed by atoms with Crippen LogP contribution in [0.2, 0.25) is 0 Å².